The normalized spacial score (nSPS) is 42.2. The Morgan fingerprint density at radius 2 is 1.87 bits per heavy atom. The maximum atomic E-state index is 6.01. The summed E-state index contributed by atoms with van der Waals surface area (Å²) in [6, 6.07) is -0.416. The van der Waals surface area contributed by atoms with Crippen molar-refractivity contribution in [2.45, 2.75) is 51.4 Å². The minimum absolute atomic E-state index is 0.0662. The van der Waals surface area contributed by atoms with Gasteiger partial charge in [-0.3, -0.25) is 0 Å². The van der Waals surface area contributed by atoms with Crippen LogP contribution in [0.3, 0.4) is 0 Å². The summed E-state index contributed by atoms with van der Waals surface area (Å²) in [7, 11) is 0. The average Bonchev–Trinajstić information content (AvgIpc) is 2.18. The zero-order chi connectivity index (χ0) is 11.6. The first-order valence-electron chi connectivity index (χ1n) is 5.49. The van der Waals surface area contributed by atoms with Gasteiger partial charge in [0.15, 0.2) is 6.29 Å². The third-order valence-electron chi connectivity index (χ3n) is 2.90. The Kier molecular flexibility index (Phi) is 4.48. The minimum atomic E-state index is -0.440. The van der Waals surface area contributed by atoms with Crippen LogP contribution < -0.4 is 17.2 Å². The second-order valence-corrected chi connectivity index (χ2v) is 4.48. The monoisotopic (exact) mass is 217 g/mol. The third-order valence-corrected chi connectivity index (χ3v) is 2.90. The van der Waals surface area contributed by atoms with Crippen molar-refractivity contribution < 1.29 is 9.47 Å². The van der Waals surface area contributed by atoms with Crippen LogP contribution >= 0.6 is 0 Å². The van der Waals surface area contributed by atoms with Gasteiger partial charge in [-0.05, 0) is 13.8 Å². The van der Waals surface area contributed by atoms with E-state index in [2.05, 4.69) is 0 Å². The maximum Gasteiger partial charge on any atom is 0.174 e. The first kappa shape index (κ1) is 12.9. The summed E-state index contributed by atoms with van der Waals surface area (Å²) in [6.07, 6.45) is -0.437. The molecule has 3 unspecified atom stereocenters. The van der Waals surface area contributed by atoms with Crippen molar-refractivity contribution in [2.75, 3.05) is 6.54 Å². The lowest BCUT2D eigenvalue weighted by atomic mass is 9.88. The zero-order valence-corrected chi connectivity index (χ0v) is 9.72. The molecule has 5 atom stereocenters. The van der Waals surface area contributed by atoms with Crippen molar-refractivity contribution in [2.24, 2.45) is 23.1 Å². The fraction of sp³-hybridized carbons (Fsp3) is 1.00. The largest absolute Gasteiger partial charge is 0.348 e. The molecule has 0 radical (unpaired) electrons. The van der Waals surface area contributed by atoms with Crippen LogP contribution in [0.2, 0.25) is 0 Å². The Balaban J connectivity index is 2.65. The zero-order valence-electron chi connectivity index (χ0n) is 9.72. The second kappa shape index (κ2) is 5.23. The number of hydrogen-bond acceptors (Lipinski definition) is 5. The van der Waals surface area contributed by atoms with Crippen molar-refractivity contribution in [3.05, 3.63) is 0 Å². The van der Waals surface area contributed by atoms with Crippen LogP contribution in [-0.2, 0) is 9.47 Å². The quantitative estimate of drug-likeness (QED) is 0.586. The molecule has 0 aromatic rings. The smallest absolute Gasteiger partial charge is 0.174 e. The van der Waals surface area contributed by atoms with Gasteiger partial charge >= 0.3 is 0 Å². The van der Waals surface area contributed by atoms with E-state index < -0.39 is 6.29 Å². The van der Waals surface area contributed by atoms with Crippen molar-refractivity contribution in [3.8, 4) is 0 Å². The minimum Gasteiger partial charge on any atom is -0.348 e. The molecule has 5 heteroatoms. The fourth-order valence-electron chi connectivity index (χ4n) is 1.83. The molecule has 1 fully saturated rings. The van der Waals surface area contributed by atoms with Gasteiger partial charge in [-0.1, -0.05) is 6.92 Å². The highest BCUT2D eigenvalue weighted by atomic mass is 16.7. The summed E-state index contributed by atoms with van der Waals surface area (Å²) >= 11 is 0. The molecule has 0 bridgehead atoms. The molecule has 0 aliphatic carbocycles. The highest BCUT2D eigenvalue weighted by Crippen LogP contribution is 2.24. The van der Waals surface area contributed by atoms with Gasteiger partial charge in [-0.25, -0.2) is 0 Å². The van der Waals surface area contributed by atoms with E-state index in [1.54, 1.807) is 0 Å². The van der Waals surface area contributed by atoms with Crippen molar-refractivity contribution in [3.63, 3.8) is 0 Å². The van der Waals surface area contributed by atoms with E-state index in [0.29, 0.717) is 6.54 Å². The van der Waals surface area contributed by atoms with E-state index in [0.717, 1.165) is 0 Å². The Hall–Kier alpha value is -0.200. The average molecular weight is 217 g/mol. The van der Waals surface area contributed by atoms with E-state index in [-0.39, 0.29) is 30.2 Å². The molecular weight excluding hydrogens is 194 g/mol. The van der Waals surface area contributed by atoms with Crippen LogP contribution in [0.5, 0.6) is 0 Å². The van der Waals surface area contributed by atoms with Crippen LogP contribution in [0.4, 0.5) is 0 Å². The topological polar surface area (TPSA) is 96.5 Å². The Bertz CT molecular complexity index is 199. The molecule has 0 spiro atoms. The molecule has 0 aromatic carbocycles. The SMILES string of the molecule is CC(C)O[C@H]1OC(CN)[C@@H](C)C(N)C1N. The summed E-state index contributed by atoms with van der Waals surface area (Å²) in [6.45, 7) is 6.33. The molecule has 15 heavy (non-hydrogen) atoms. The lowest BCUT2D eigenvalue weighted by Gasteiger charge is -2.43. The molecular formula is C10H23N3O2. The van der Waals surface area contributed by atoms with Crippen LogP contribution in [0.25, 0.3) is 0 Å². The van der Waals surface area contributed by atoms with Gasteiger partial charge in [-0.15, -0.1) is 0 Å². The van der Waals surface area contributed by atoms with Crippen molar-refractivity contribution >= 4 is 0 Å². The first-order valence-corrected chi connectivity index (χ1v) is 5.49. The summed E-state index contributed by atoms with van der Waals surface area (Å²) in [5.41, 5.74) is 17.6. The lowest BCUT2D eigenvalue weighted by molar-refractivity contribution is -0.231. The molecule has 1 heterocycles. The van der Waals surface area contributed by atoms with Gasteiger partial charge in [0.2, 0.25) is 0 Å². The van der Waals surface area contributed by atoms with E-state index >= 15 is 0 Å². The summed E-state index contributed by atoms with van der Waals surface area (Å²) < 4.78 is 11.3. The molecule has 0 aromatic heterocycles. The molecule has 1 saturated heterocycles. The molecule has 1 aliphatic rings. The highest BCUT2D eigenvalue weighted by Gasteiger charge is 2.40. The van der Waals surface area contributed by atoms with Crippen LogP contribution in [0, 0.1) is 5.92 Å². The van der Waals surface area contributed by atoms with Crippen LogP contribution in [0.15, 0.2) is 0 Å². The van der Waals surface area contributed by atoms with E-state index in [1.165, 1.54) is 0 Å². The van der Waals surface area contributed by atoms with Crippen molar-refractivity contribution in [1.82, 2.24) is 0 Å². The van der Waals surface area contributed by atoms with Crippen LogP contribution in [-0.4, -0.2) is 37.1 Å². The number of ether oxygens (including phenoxy) is 2. The highest BCUT2D eigenvalue weighted by molar-refractivity contribution is 4.92. The van der Waals surface area contributed by atoms with Gasteiger partial charge in [0, 0.05) is 18.5 Å². The predicted octanol–water partition coefficient (Wildman–Crippen LogP) is -0.614. The fourth-order valence-corrected chi connectivity index (χ4v) is 1.83. The lowest BCUT2D eigenvalue weighted by Crippen LogP contribution is -2.63. The molecule has 90 valence electrons. The summed E-state index contributed by atoms with van der Waals surface area (Å²) in [4.78, 5) is 0. The molecule has 1 aliphatic heterocycles. The van der Waals surface area contributed by atoms with Crippen LogP contribution in [0.1, 0.15) is 20.8 Å². The molecule has 0 saturated carbocycles. The number of nitrogens with two attached hydrogens (primary N) is 3. The number of hydrogen-bond donors (Lipinski definition) is 3. The standard InChI is InChI=1S/C10H23N3O2/c1-5(2)14-10-9(13)8(12)6(3)7(4-11)15-10/h5-10H,4,11-13H2,1-3H3/t6-,7?,8?,9?,10+/m1/s1. The van der Waals surface area contributed by atoms with Gasteiger partial charge < -0.3 is 26.7 Å². The predicted molar refractivity (Wildman–Crippen MR) is 59.1 cm³/mol. The van der Waals surface area contributed by atoms with Gasteiger partial charge in [0.05, 0.1) is 18.2 Å². The van der Waals surface area contributed by atoms with E-state index in [4.69, 9.17) is 26.7 Å². The Labute approximate surface area is 91.3 Å². The number of rotatable bonds is 3. The Morgan fingerprint density at radius 3 is 2.33 bits per heavy atom. The van der Waals surface area contributed by atoms with E-state index in [1.807, 2.05) is 20.8 Å². The van der Waals surface area contributed by atoms with Crippen molar-refractivity contribution in [1.29, 1.82) is 0 Å². The summed E-state index contributed by atoms with van der Waals surface area (Å²) in [5.74, 6) is 0.164. The molecule has 0 amide bonds. The molecule has 5 nitrogen and oxygen atoms in total. The first-order chi connectivity index (χ1) is 6.97. The van der Waals surface area contributed by atoms with Gasteiger partial charge in [-0.2, -0.15) is 0 Å². The third kappa shape index (κ3) is 2.89. The second-order valence-electron chi connectivity index (χ2n) is 4.48. The Morgan fingerprint density at radius 1 is 1.27 bits per heavy atom. The molecule has 1 rings (SSSR count). The van der Waals surface area contributed by atoms with Gasteiger partial charge in [0.1, 0.15) is 0 Å². The molecule has 6 N–H and O–H groups in total. The van der Waals surface area contributed by atoms with E-state index in [9.17, 15) is 0 Å². The maximum absolute atomic E-state index is 6.01. The van der Waals surface area contributed by atoms with Gasteiger partial charge in [0.25, 0.3) is 0 Å². The summed E-state index contributed by atoms with van der Waals surface area (Å²) in [5, 5.41) is 0.